The summed E-state index contributed by atoms with van der Waals surface area (Å²) in [6, 6.07) is 7.61. The van der Waals surface area contributed by atoms with Crippen molar-refractivity contribution in [3.05, 3.63) is 40.9 Å². The Balaban J connectivity index is 2.48. The second-order valence-corrected chi connectivity index (χ2v) is 4.91. The molecule has 0 unspecified atom stereocenters. The Kier molecular flexibility index (Phi) is 3.99. The molecular formula is C13H17ClN4. The van der Waals surface area contributed by atoms with Crippen LogP contribution in [0.1, 0.15) is 31.4 Å². The first-order chi connectivity index (χ1) is 8.61. The quantitative estimate of drug-likeness (QED) is 0.923. The number of hydrogen-bond donors (Lipinski definition) is 1. The van der Waals surface area contributed by atoms with Crippen LogP contribution in [-0.4, -0.2) is 21.3 Å². The molecule has 0 saturated heterocycles. The minimum atomic E-state index is 0.294. The first-order valence-electron chi connectivity index (χ1n) is 6.03. The molecular weight excluding hydrogens is 248 g/mol. The Morgan fingerprint density at radius 1 is 1.39 bits per heavy atom. The van der Waals surface area contributed by atoms with Gasteiger partial charge in [0.1, 0.15) is 5.82 Å². The van der Waals surface area contributed by atoms with E-state index in [1.807, 2.05) is 28.9 Å². The molecule has 1 aromatic carbocycles. The Morgan fingerprint density at radius 3 is 2.78 bits per heavy atom. The second-order valence-electron chi connectivity index (χ2n) is 4.47. The third-order valence-corrected chi connectivity index (χ3v) is 2.85. The lowest BCUT2D eigenvalue weighted by molar-refractivity contribution is 0.713. The fraction of sp³-hybridized carbons (Fsp3) is 0.385. The van der Waals surface area contributed by atoms with Crippen molar-refractivity contribution in [3.8, 4) is 5.69 Å². The van der Waals surface area contributed by atoms with Gasteiger partial charge < -0.3 is 5.73 Å². The van der Waals surface area contributed by atoms with Gasteiger partial charge in [0.05, 0.1) is 5.69 Å². The average Bonchev–Trinajstić information content (AvgIpc) is 2.74. The zero-order chi connectivity index (χ0) is 13.1. The Hall–Kier alpha value is -1.39. The SMILES string of the molecule is CC(C)c1nc(CCN)nn1-c1cccc(Cl)c1. The summed E-state index contributed by atoms with van der Waals surface area (Å²) in [6.07, 6.45) is 0.688. The van der Waals surface area contributed by atoms with Crippen LogP contribution in [0.3, 0.4) is 0 Å². The predicted octanol–water partition coefficient (Wildman–Crippen LogP) is 2.55. The maximum atomic E-state index is 6.01. The normalized spacial score (nSPS) is 11.2. The number of hydrogen-bond acceptors (Lipinski definition) is 3. The zero-order valence-corrected chi connectivity index (χ0v) is 11.4. The van der Waals surface area contributed by atoms with Gasteiger partial charge in [-0.15, -0.1) is 0 Å². The Morgan fingerprint density at radius 2 is 2.17 bits per heavy atom. The van der Waals surface area contributed by atoms with Gasteiger partial charge in [0, 0.05) is 17.4 Å². The highest BCUT2D eigenvalue weighted by atomic mass is 35.5. The van der Waals surface area contributed by atoms with E-state index in [1.54, 1.807) is 0 Å². The molecule has 2 rings (SSSR count). The van der Waals surface area contributed by atoms with Gasteiger partial charge in [0.15, 0.2) is 5.82 Å². The molecule has 0 aliphatic rings. The van der Waals surface area contributed by atoms with E-state index in [4.69, 9.17) is 17.3 Å². The fourth-order valence-electron chi connectivity index (χ4n) is 1.78. The summed E-state index contributed by atoms with van der Waals surface area (Å²) in [5, 5.41) is 5.19. The van der Waals surface area contributed by atoms with Gasteiger partial charge in [-0.05, 0) is 24.7 Å². The maximum absolute atomic E-state index is 6.01. The molecule has 2 N–H and O–H groups in total. The zero-order valence-electron chi connectivity index (χ0n) is 10.6. The average molecular weight is 265 g/mol. The number of aromatic nitrogens is 3. The second kappa shape index (κ2) is 5.50. The molecule has 2 aromatic rings. The topological polar surface area (TPSA) is 56.7 Å². The summed E-state index contributed by atoms with van der Waals surface area (Å²) in [6.45, 7) is 4.74. The van der Waals surface area contributed by atoms with Crippen molar-refractivity contribution in [2.45, 2.75) is 26.2 Å². The number of rotatable bonds is 4. The first kappa shape index (κ1) is 13.1. The van der Waals surface area contributed by atoms with E-state index < -0.39 is 0 Å². The molecule has 4 nitrogen and oxygen atoms in total. The lowest BCUT2D eigenvalue weighted by Crippen LogP contribution is -2.05. The van der Waals surface area contributed by atoms with E-state index in [2.05, 4.69) is 23.9 Å². The molecule has 0 aliphatic carbocycles. The van der Waals surface area contributed by atoms with Crippen LogP contribution in [-0.2, 0) is 6.42 Å². The van der Waals surface area contributed by atoms with Crippen LogP contribution < -0.4 is 5.73 Å². The van der Waals surface area contributed by atoms with Crippen LogP contribution >= 0.6 is 11.6 Å². The van der Waals surface area contributed by atoms with Crippen LogP contribution in [0, 0.1) is 0 Å². The van der Waals surface area contributed by atoms with Crippen molar-refractivity contribution < 1.29 is 0 Å². The number of benzene rings is 1. The molecule has 0 amide bonds. The summed E-state index contributed by atoms with van der Waals surface area (Å²) in [5.74, 6) is 2.00. The third-order valence-electron chi connectivity index (χ3n) is 2.61. The van der Waals surface area contributed by atoms with Crippen molar-refractivity contribution in [3.63, 3.8) is 0 Å². The lowest BCUT2D eigenvalue weighted by atomic mass is 10.2. The molecule has 1 heterocycles. The molecule has 96 valence electrons. The molecule has 0 saturated carbocycles. The molecule has 1 aromatic heterocycles. The smallest absolute Gasteiger partial charge is 0.152 e. The molecule has 18 heavy (non-hydrogen) atoms. The Labute approximate surface area is 112 Å². The van der Waals surface area contributed by atoms with E-state index in [1.165, 1.54) is 0 Å². The molecule has 0 radical (unpaired) electrons. The van der Waals surface area contributed by atoms with Gasteiger partial charge >= 0.3 is 0 Å². The van der Waals surface area contributed by atoms with E-state index in [-0.39, 0.29) is 0 Å². The van der Waals surface area contributed by atoms with Crippen LogP contribution in [0.5, 0.6) is 0 Å². The monoisotopic (exact) mass is 264 g/mol. The standard InChI is InChI=1S/C13H17ClN4/c1-9(2)13-16-12(6-7-15)17-18(13)11-5-3-4-10(14)8-11/h3-5,8-9H,6-7,15H2,1-2H3. The van der Waals surface area contributed by atoms with Gasteiger partial charge in [-0.25, -0.2) is 9.67 Å². The van der Waals surface area contributed by atoms with Gasteiger partial charge in [-0.2, -0.15) is 5.10 Å². The van der Waals surface area contributed by atoms with Gasteiger partial charge in [-0.1, -0.05) is 31.5 Å². The fourth-order valence-corrected chi connectivity index (χ4v) is 1.96. The molecule has 0 fully saturated rings. The minimum absolute atomic E-state index is 0.294. The highest BCUT2D eigenvalue weighted by Gasteiger charge is 2.14. The Bertz CT molecular complexity index is 534. The van der Waals surface area contributed by atoms with Crippen molar-refractivity contribution >= 4 is 11.6 Å². The van der Waals surface area contributed by atoms with E-state index >= 15 is 0 Å². The van der Waals surface area contributed by atoms with Crippen molar-refractivity contribution in [1.29, 1.82) is 0 Å². The summed E-state index contributed by atoms with van der Waals surface area (Å²) in [7, 11) is 0. The van der Waals surface area contributed by atoms with E-state index in [9.17, 15) is 0 Å². The van der Waals surface area contributed by atoms with Crippen LogP contribution in [0.4, 0.5) is 0 Å². The maximum Gasteiger partial charge on any atom is 0.152 e. The molecule has 5 heteroatoms. The number of nitrogens with two attached hydrogens (primary N) is 1. The van der Waals surface area contributed by atoms with E-state index in [0.717, 1.165) is 17.3 Å². The number of nitrogens with zero attached hydrogens (tertiary/aromatic N) is 3. The van der Waals surface area contributed by atoms with Crippen molar-refractivity contribution in [2.75, 3.05) is 6.54 Å². The summed E-state index contributed by atoms with van der Waals surface area (Å²) in [4.78, 5) is 4.53. The summed E-state index contributed by atoms with van der Waals surface area (Å²) in [5.41, 5.74) is 6.48. The number of halogens is 1. The van der Waals surface area contributed by atoms with Crippen LogP contribution in [0.25, 0.3) is 5.69 Å². The highest BCUT2D eigenvalue weighted by molar-refractivity contribution is 6.30. The highest BCUT2D eigenvalue weighted by Crippen LogP contribution is 2.20. The van der Waals surface area contributed by atoms with Crippen LogP contribution in [0.2, 0.25) is 5.02 Å². The molecule has 0 spiro atoms. The van der Waals surface area contributed by atoms with E-state index in [0.29, 0.717) is 23.9 Å². The molecule has 0 atom stereocenters. The molecule has 0 bridgehead atoms. The summed E-state index contributed by atoms with van der Waals surface area (Å²) >= 11 is 6.01. The molecule has 0 aliphatic heterocycles. The minimum Gasteiger partial charge on any atom is -0.330 e. The third kappa shape index (κ3) is 2.71. The van der Waals surface area contributed by atoms with Gasteiger partial charge in [-0.3, -0.25) is 0 Å². The van der Waals surface area contributed by atoms with Gasteiger partial charge in [0.2, 0.25) is 0 Å². The van der Waals surface area contributed by atoms with Gasteiger partial charge in [0.25, 0.3) is 0 Å². The van der Waals surface area contributed by atoms with Crippen LogP contribution in [0.15, 0.2) is 24.3 Å². The van der Waals surface area contributed by atoms with Crippen molar-refractivity contribution in [1.82, 2.24) is 14.8 Å². The first-order valence-corrected chi connectivity index (χ1v) is 6.41. The largest absolute Gasteiger partial charge is 0.330 e. The predicted molar refractivity (Wildman–Crippen MR) is 73.2 cm³/mol. The van der Waals surface area contributed by atoms with Crippen molar-refractivity contribution in [2.24, 2.45) is 5.73 Å². The lowest BCUT2D eigenvalue weighted by Gasteiger charge is -2.08. The summed E-state index contributed by atoms with van der Waals surface area (Å²) < 4.78 is 1.85.